The van der Waals surface area contributed by atoms with Crippen molar-refractivity contribution in [3.63, 3.8) is 0 Å². The van der Waals surface area contributed by atoms with Gasteiger partial charge in [-0.1, -0.05) is 6.07 Å². The van der Waals surface area contributed by atoms with E-state index in [1.54, 1.807) is 0 Å². The number of fused-ring (bicyclic) bond motifs is 1. The van der Waals surface area contributed by atoms with Crippen LogP contribution in [0.4, 0.5) is 0 Å². The molecule has 5 nitrogen and oxygen atoms in total. The first-order valence-electron chi connectivity index (χ1n) is 10.2. The van der Waals surface area contributed by atoms with Crippen LogP contribution < -0.4 is 0 Å². The fourth-order valence-electron chi connectivity index (χ4n) is 4.84. The lowest BCUT2D eigenvalue weighted by molar-refractivity contribution is -0.132. The highest BCUT2D eigenvalue weighted by Crippen LogP contribution is 2.33. The van der Waals surface area contributed by atoms with Gasteiger partial charge in [0, 0.05) is 51.7 Å². The molecule has 0 saturated carbocycles. The van der Waals surface area contributed by atoms with Crippen LogP contribution >= 0.6 is 0 Å². The summed E-state index contributed by atoms with van der Waals surface area (Å²) < 4.78 is 5.42. The average Bonchev–Trinajstić information content (AvgIpc) is 3.00. The summed E-state index contributed by atoms with van der Waals surface area (Å²) >= 11 is 0. The molecule has 0 aliphatic carbocycles. The highest BCUT2D eigenvalue weighted by Gasteiger charge is 2.37. The summed E-state index contributed by atoms with van der Waals surface area (Å²) in [7, 11) is 0. The molecule has 0 aromatic carbocycles. The largest absolute Gasteiger partial charge is 0.381 e. The maximum Gasteiger partial charge on any atom is 0.222 e. The lowest BCUT2D eigenvalue weighted by Gasteiger charge is -2.25. The number of amides is 1. The van der Waals surface area contributed by atoms with E-state index in [0.29, 0.717) is 23.7 Å². The molecule has 142 valence electrons. The first kappa shape index (κ1) is 17.9. The van der Waals surface area contributed by atoms with Crippen LogP contribution in [0, 0.1) is 17.8 Å². The van der Waals surface area contributed by atoms with Crippen molar-refractivity contribution in [2.75, 3.05) is 39.4 Å². The summed E-state index contributed by atoms with van der Waals surface area (Å²) in [6.07, 6.45) is 9.07. The first-order valence-corrected chi connectivity index (χ1v) is 10.2. The zero-order valence-corrected chi connectivity index (χ0v) is 15.7. The van der Waals surface area contributed by atoms with Crippen LogP contribution in [0.15, 0.2) is 24.5 Å². The number of pyridine rings is 1. The van der Waals surface area contributed by atoms with Gasteiger partial charge in [-0.2, -0.15) is 0 Å². The molecule has 4 heterocycles. The average molecular weight is 357 g/mol. The molecule has 0 N–H and O–H groups in total. The molecule has 0 spiro atoms. The molecule has 3 fully saturated rings. The van der Waals surface area contributed by atoms with Gasteiger partial charge in [0.2, 0.25) is 5.91 Å². The summed E-state index contributed by atoms with van der Waals surface area (Å²) in [5.74, 6) is 2.30. The molecule has 3 aliphatic rings. The molecule has 4 rings (SSSR count). The minimum Gasteiger partial charge on any atom is -0.381 e. The third-order valence-electron chi connectivity index (χ3n) is 6.49. The predicted molar refractivity (Wildman–Crippen MR) is 100 cm³/mol. The van der Waals surface area contributed by atoms with Crippen LogP contribution in [0.3, 0.4) is 0 Å². The van der Waals surface area contributed by atoms with E-state index in [9.17, 15) is 4.79 Å². The third kappa shape index (κ3) is 4.44. The maximum absolute atomic E-state index is 12.7. The van der Waals surface area contributed by atoms with E-state index >= 15 is 0 Å². The molecule has 0 radical (unpaired) electrons. The monoisotopic (exact) mass is 357 g/mol. The number of nitrogens with zero attached hydrogens (tertiary/aromatic N) is 3. The molecule has 5 heteroatoms. The molecule has 3 aliphatic heterocycles. The van der Waals surface area contributed by atoms with Crippen molar-refractivity contribution in [3.8, 4) is 0 Å². The van der Waals surface area contributed by atoms with Crippen molar-refractivity contribution in [1.82, 2.24) is 14.8 Å². The van der Waals surface area contributed by atoms with Crippen LogP contribution in [-0.2, 0) is 16.1 Å². The van der Waals surface area contributed by atoms with Gasteiger partial charge in [0.25, 0.3) is 0 Å². The number of hydrogen-bond acceptors (Lipinski definition) is 4. The molecule has 1 aromatic rings. The molecule has 2 atom stereocenters. The molecule has 26 heavy (non-hydrogen) atoms. The van der Waals surface area contributed by atoms with Gasteiger partial charge >= 0.3 is 0 Å². The summed E-state index contributed by atoms with van der Waals surface area (Å²) in [5.41, 5.74) is 1.30. The second-order valence-corrected chi connectivity index (χ2v) is 8.29. The number of hydrogen-bond donors (Lipinski definition) is 0. The zero-order valence-electron chi connectivity index (χ0n) is 15.7. The quantitative estimate of drug-likeness (QED) is 0.831. The van der Waals surface area contributed by atoms with E-state index in [1.807, 2.05) is 18.5 Å². The normalized spacial score (nSPS) is 27.9. The predicted octanol–water partition coefficient (Wildman–Crippen LogP) is 2.57. The van der Waals surface area contributed by atoms with Crippen molar-refractivity contribution in [2.24, 2.45) is 17.8 Å². The van der Waals surface area contributed by atoms with Gasteiger partial charge in [0.1, 0.15) is 0 Å². The lowest BCUT2D eigenvalue weighted by atomic mass is 9.92. The van der Waals surface area contributed by atoms with Gasteiger partial charge in [-0.25, -0.2) is 0 Å². The third-order valence-corrected chi connectivity index (χ3v) is 6.49. The Balaban J connectivity index is 1.26. The van der Waals surface area contributed by atoms with E-state index in [4.69, 9.17) is 4.74 Å². The molecule has 1 amide bonds. The number of likely N-dealkylation sites (tertiary alicyclic amines) is 2. The lowest BCUT2D eigenvalue weighted by Crippen LogP contribution is -2.33. The van der Waals surface area contributed by atoms with Gasteiger partial charge in [-0.3, -0.25) is 14.7 Å². The van der Waals surface area contributed by atoms with Crippen LogP contribution in [0.1, 0.15) is 37.7 Å². The summed E-state index contributed by atoms with van der Waals surface area (Å²) in [4.78, 5) is 21.7. The minimum atomic E-state index is 0.386. The fraction of sp³-hybridized carbons (Fsp3) is 0.714. The maximum atomic E-state index is 12.7. The van der Waals surface area contributed by atoms with E-state index in [2.05, 4.69) is 20.9 Å². The standard InChI is InChI=1S/C21H31N3O2/c25-21(12-17-5-10-26-11-6-17)24-15-19-3-8-23(9-4-20(19)16-24)14-18-2-1-7-22-13-18/h1-2,7,13,17,19-20H,3-6,8-12,14-16H2/t19-,20+. The Morgan fingerprint density at radius 3 is 2.50 bits per heavy atom. The molecule has 1 aromatic heterocycles. The highest BCUT2D eigenvalue weighted by atomic mass is 16.5. The first-order chi connectivity index (χ1) is 12.8. The summed E-state index contributed by atoms with van der Waals surface area (Å²) in [6, 6.07) is 4.18. The molecule has 0 unspecified atom stereocenters. The van der Waals surface area contributed by atoms with E-state index in [1.165, 1.54) is 18.4 Å². The topological polar surface area (TPSA) is 45.7 Å². The van der Waals surface area contributed by atoms with E-state index in [0.717, 1.165) is 65.2 Å². The molecular weight excluding hydrogens is 326 g/mol. The number of carbonyl (C=O) groups is 1. The zero-order chi connectivity index (χ0) is 17.8. The Hall–Kier alpha value is -1.46. The molecular formula is C21H31N3O2. The van der Waals surface area contributed by atoms with Crippen molar-refractivity contribution < 1.29 is 9.53 Å². The Morgan fingerprint density at radius 1 is 1.12 bits per heavy atom. The Kier molecular flexibility index (Phi) is 5.85. The second kappa shape index (κ2) is 8.49. The minimum absolute atomic E-state index is 0.386. The van der Waals surface area contributed by atoms with Gasteiger partial charge in [-0.05, 0) is 68.2 Å². The van der Waals surface area contributed by atoms with Crippen molar-refractivity contribution in [3.05, 3.63) is 30.1 Å². The fourth-order valence-corrected chi connectivity index (χ4v) is 4.84. The highest BCUT2D eigenvalue weighted by molar-refractivity contribution is 5.76. The van der Waals surface area contributed by atoms with E-state index < -0.39 is 0 Å². The summed E-state index contributed by atoms with van der Waals surface area (Å²) in [5, 5.41) is 0. The number of ether oxygens (including phenoxy) is 1. The molecule has 3 saturated heterocycles. The Labute approximate surface area is 156 Å². The summed E-state index contributed by atoms with van der Waals surface area (Å²) in [6.45, 7) is 6.89. The number of carbonyl (C=O) groups excluding carboxylic acids is 1. The smallest absolute Gasteiger partial charge is 0.222 e. The van der Waals surface area contributed by atoms with Gasteiger partial charge < -0.3 is 9.64 Å². The van der Waals surface area contributed by atoms with Crippen LogP contribution in [0.2, 0.25) is 0 Å². The number of aromatic nitrogens is 1. The van der Waals surface area contributed by atoms with Crippen molar-refractivity contribution in [1.29, 1.82) is 0 Å². The SMILES string of the molecule is O=C(CC1CCOCC1)N1C[C@H]2CCN(Cc3cccnc3)CC[C@H]2C1. The van der Waals surface area contributed by atoms with E-state index in [-0.39, 0.29) is 0 Å². The second-order valence-electron chi connectivity index (χ2n) is 8.29. The van der Waals surface area contributed by atoms with Crippen molar-refractivity contribution in [2.45, 2.75) is 38.6 Å². The van der Waals surface area contributed by atoms with Crippen molar-refractivity contribution >= 4 is 5.91 Å². The van der Waals surface area contributed by atoms with Crippen LogP contribution in [0.25, 0.3) is 0 Å². The van der Waals surface area contributed by atoms with Gasteiger partial charge in [-0.15, -0.1) is 0 Å². The Morgan fingerprint density at radius 2 is 1.85 bits per heavy atom. The number of rotatable bonds is 4. The Bertz CT molecular complexity index is 572. The van der Waals surface area contributed by atoms with Crippen LogP contribution in [-0.4, -0.2) is 60.1 Å². The van der Waals surface area contributed by atoms with Gasteiger partial charge in [0.05, 0.1) is 0 Å². The van der Waals surface area contributed by atoms with Crippen LogP contribution in [0.5, 0.6) is 0 Å². The van der Waals surface area contributed by atoms with Gasteiger partial charge in [0.15, 0.2) is 0 Å². The molecule has 0 bridgehead atoms.